The Kier molecular flexibility index (Phi) is 2.12. The molecule has 0 bridgehead atoms. The Bertz CT molecular complexity index is 403. The van der Waals surface area contributed by atoms with Crippen molar-refractivity contribution in [1.29, 1.82) is 5.41 Å². The lowest BCUT2D eigenvalue weighted by molar-refractivity contribution is 0.208. The van der Waals surface area contributed by atoms with Gasteiger partial charge in [0.1, 0.15) is 17.2 Å². The van der Waals surface area contributed by atoms with Crippen molar-refractivity contribution in [3.05, 3.63) is 0 Å². The van der Waals surface area contributed by atoms with Crippen LogP contribution in [0.3, 0.4) is 0 Å². The van der Waals surface area contributed by atoms with Gasteiger partial charge in [0.15, 0.2) is 0 Å². The van der Waals surface area contributed by atoms with Gasteiger partial charge in [-0.25, -0.2) is 9.79 Å². The van der Waals surface area contributed by atoms with E-state index < -0.39 is 11.1 Å². The minimum absolute atomic E-state index is 0.130. The van der Waals surface area contributed by atoms with Gasteiger partial charge in [-0.2, -0.15) is 0 Å². The second-order valence-corrected chi connectivity index (χ2v) is 4.86. The van der Waals surface area contributed by atoms with Gasteiger partial charge >= 0.3 is 6.03 Å². The van der Waals surface area contributed by atoms with Crippen molar-refractivity contribution < 1.29 is 4.79 Å². The van der Waals surface area contributed by atoms with Crippen LogP contribution >= 0.6 is 0 Å². The quantitative estimate of drug-likeness (QED) is 0.734. The number of hydrogen-bond donors (Lipinski definition) is 2. The van der Waals surface area contributed by atoms with E-state index in [0.29, 0.717) is 18.1 Å². The number of aliphatic imine (C=N–C) groups is 1. The normalized spacial score (nSPS) is 37.5. The maximum atomic E-state index is 12.0. The van der Waals surface area contributed by atoms with E-state index >= 15 is 0 Å². The molecule has 16 heavy (non-hydrogen) atoms. The number of amides is 2. The number of nitrogens with one attached hydrogen (secondary N) is 2. The molecule has 5 nitrogen and oxygen atoms in total. The lowest BCUT2D eigenvalue weighted by Gasteiger charge is -2.30. The molecule has 2 amide bonds. The molecule has 88 valence electrons. The largest absolute Gasteiger partial charge is 0.325 e. The topological polar surface area (TPSA) is 68.6 Å². The summed E-state index contributed by atoms with van der Waals surface area (Å²) in [6, 6.07) is -0.130. The third-order valence-electron chi connectivity index (χ3n) is 3.91. The number of carbonyl (C=O) groups excluding carboxylic acids is 1. The van der Waals surface area contributed by atoms with Crippen molar-refractivity contribution in [1.82, 2.24) is 10.2 Å². The second-order valence-electron chi connectivity index (χ2n) is 4.86. The maximum Gasteiger partial charge on any atom is 0.324 e. The highest BCUT2D eigenvalue weighted by molar-refractivity contribution is 6.21. The zero-order valence-electron chi connectivity index (χ0n) is 10.2. The summed E-state index contributed by atoms with van der Waals surface area (Å²) < 4.78 is 0. The zero-order chi connectivity index (χ0) is 12.1. The van der Waals surface area contributed by atoms with Crippen LogP contribution in [0, 0.1) is 5.41 Å². The number of amidine groups is 2. The van der Waals surface area contributed by atoms with E-state index in [2.05, 4.69) is 10.3 Å². The Morgan fingerprint density at radius 3 is 2.50 bits per heavy atom. The van der Waals surface area contributed by atoms with Gasteiger partial charge in [-0.3, -0.25) is 10.3 Å². The molecular formula is C11H18N4O. The molecule has 2 atom stereocenters. The molecule has 2 N–H and O–H groups in total. The molecule has 0 aliphatic carbocycles. The number of urea groups is 1. The fraction of sp³-hybridized carbons (Fsp3) is 0.727. The van der Waals surface area contributed by atoms with E-state index in [1.54, 1.807) is 4.90 Å². The van der Waals surface area contributed by atoms with E-state index in [4.69, 9.17) is 5.41 Å². The summed E-state index contributed by atoms with van der Waals surface area (Å²) in [6.07, 6.45) is 1.48. The maximum absolute atomic E-state index is 12.0. The number of fused-ring (bicyclic) bond motifs is 1. The first-order chi connectivity index (χ1) is 7.39. The number of rotatable bonds is 2. The molecule has 2 heterocycles. The third kappa shape index (κ3) is 1.08. The molecule has 0 radical (unpaired) electrons. The monoisotopic (exact) mass is 222 g/mol. The van der Waals surface area contributed by atoms with Crippen LogP contribution in [0.25, 0.3) is 0 Å². The minimum atomic E-state index is -0.577. The van der Waals surface area contributed by atoms with Crippen molar-refractivity contribution in [2.45, 2.75) is 51.6 Å². The lowest BCUT2D eigenvalue weighted by atomic mass is 9.95. The fourth-order valence-corrected chi connectivity index (χ4v) is 2.23. The highest BCUT2D eigenvalue weighted by atomic mass is 16.2. The summed E-state index contributed by atoms with van der Waals surface area (Å²) in [5.41, 5.74) is -0.997. The first kappa shape index (κ1) is 11.1. The molecule has 0 aromatic rings. The zero-order valence-corrected chi connectivity index (χ0v) is 10.2. The van der Waals surface area contributed by atoms with E-state index in [0.717, 1.165) is 6.42 Å². The molecule has 2 aliphatic rings. The summed E-state index contributed by atoms with van der Waals surface area (Å²) >= 11 is 0. The fourth-order valence-electron chi connectivity index (χ4n) is 2.23. The van der Waals surface area contributed by atoms with Gasteiger partial charge in [-0.15, -0.1) is 0 Å². The highest BCUT2D eigenvalue weighted by Gasteiger charge is 2.56. The molecule has 2 aliphatic heterocycles. The van der Waals surface area contributed by atoms with Gasteiger partial charge in [0, 0.05) is 0 Å². The van der Waals surface area contributed by atoms with E-state index in [1.807, 2.05) is 27.7 Å². The molecule has 0 aromatic heterocycles. The number of carbonyl (C=O) groups is 1. The first-order valence-electron chi connectivity index (χ1n) is 5.69. The van der Waals surface area contributed by atoms with Crippen molar-refractivity contribution in [3.63, 3.8) is 0 Å². The van der Waals surface area contributed by atoms with E-state index in [1.165, 1.54) is 0 Å². The molecule has 1 saturated heterocycles. The third-order valence-corrected chi connectivity index (χ3v) is 3.91. The molecule has 0 saturated carbocycles. The summed E-state index contributed by atoms with van der Waals surface area (Å²) in [5.74, 6) is 0.994. The van der Waals surface area contributed by atoms with Crippen molar-refractivity contribution in [2.75, 3.05) is 0 Å². The van der Waals surface area contributed by atoms with Crippen LogP contribution in [0.5, 0.6) is 0 Å². The van der Waals surface area contributed by atoms with Gasteiger partial charge < -0.3 is 5.32 Å². The number of nitrogens with zero attached hydrogens (tertiary/aromatic N) is 2. The van der Waals surface area contributed by atoms with E-state index in [-0.39, 0.29) is 6.03 Å². The van der Waals surface area contributed by atoms with Crippen molar-refractivity contribution in [2.24, 2.45) is 4.99 Å². The second kappa shape index (κ2) is 3.06. The van der Waals surface area contributed by atoms with Gasteiger partial charge in [-0.1, -0.05) is 13.8 Å². The van der Waals surface area contributed by atoms with Crippen molar-refractivity contribution >= 4 is 17.7 Å². The Morgan fingerprint density at radius 1 is 1.38 bits per heavy atom. The van der Waals surface area contributed by atoms with Crippen LogP contribution in [0.15, 0.2) is 4.99 Å². The van der Waals surface area contributed by atoms with Crippen LogP contribution in [0.1, 0.15) is 40.5 Å². The highest BCUT2D eigenvalue weighted by Crippen LogP contribution is 2.36. The Morgan fingerprint density at radius 2 is 2.00 bits per heavy atom. The van der Waals surface area contributed by atoms with Gasteiger partial charge in [-0.05, 0) is 26.7 Å². The summed E-state index contributed by atoms with van der Waals surface area (Å²) in [6.45, 7) is 7.84. The standard InChI is InChI=1S/C11H18N4O/c1-5-10(3)8-13-7(12)11(4,6-2)15(8)9(16)14-10/h12H,5-6H2,1-4H3,(H,14,16). The molecule has 2 rings (SSSR count). The number of hydrogen-bond acceptors (Lipinski definition) is 2. The molecule has 2 unspecified atom stereocenters. The average Bonchev–Trinajstić information content (AvgIpc) is 2.66. The Labute approximate surface area is 95.4 Å². The minimum Gasteiger partial charge on any atom is -0.325 e. The predicted molar refractivity (Wildman–Crippen MR) is 62.9 cm³/mol. The van der Waals surface area contributed by atoms with Gasteiger partial charge in [0.05, 0.1) is 5.54 Å². The van der Waals surface area contributed by atoms with Crippen LogP contribution in [-0.2, 0) is 0 Å². The smallest absolute Gasteiger partial charge is 0.324 e. The van der Waals surface area contributed by atoms with Crippen molar-refractivity contribution in [3.8, 4) is 0 Å². The van der Waals surface area contributed by atoms with Gasteiger partial charge in [0.25, 0.3) is 0 Å². The summed E-state index contributed by atoms with van der Waals surface area (Å²) in [4.78, 5) is 17.9. The van der Waals surface area contributed by atoms with Crippen LogP contribution in [-0.4, -0.2) is 33.7 Å². The molecule has 0 spiro atoms. The summed E-state index contributed by atoms with van der Waals surface area (Å²) in [7, 11) is 0. The summed E-state index contributed by atoms with van der Waals surface area (Å²) in [5, 5.41) is 10.9. The molecule has 1 fully saturated rings. The van der Waals surface area contributed by atoms with Crippen LogP contribution < -0.4 is 5.32 Å². The molecule has 5 heteroatoms. The van der Waals surface area contributed by atoms with E-state index in [9.17, 15) is 4.79 Å². The first-order valence-corrected chi connectivity index (χ1v) is 5.69. The Hall–Kier alpha value is -1.39. The average molecular weight is 222 g/mol. The molecular weight excluding hydrogens is 204 g/mol. The van der Waals surface area contributed by atoms with Crippen LogP contribution in [0.4, 0.5) is 4.79 Å². The van der Waals surface area contributed by atoms with Crippen LogP contribution in [0.2, 0.25) is 0 Å². The van der Waals surface area contributed by atoms with Gasteiger partial charge in [0.2, 0.25) is 0 Å². The Balaban J connectivity index is 2.51. The predicted octanol–water partition coefficient (Wildman–Crippen LogP) is 1.74. The SMILES string of the molecule is CCC1(C)NC(=O)N2C1=NC(=N)C2(C)CC. The molecule has 0 aromatic carbocycles. The lowest BCUT2D eigenvalue weighted by Crippen LogP contribution is -2.49.